The molecule has 21 heavy (non-hydrogen) atoms. The minimum absolute atomic E-state index is 0.122. The van der Waals surface area contributed by atoms with Crippen LogP contribution in [0.4, 0.5) is 5.13 Å². The van der Waals surface area contributed by atoms with Crippen molar-refractivity contribution in [2.24, 2.45) is 5.14 Å². The highest BCUT2D eigenvalue weighted by Crippen LogP contribution is 2.24. The Morgan fingerprint density at radius 2 is 1.95 bits per heavy atom. The van der Waals surface area contributed by atoms with E-state index in [0.29, 0.717) is 5.13 Å². The van der Waals surface area contributed by atoms with Crippen LogP contribution in [0, 0.1) is 0 Å². The van der Waals surface area contributed by atoms with Crippen molar-refractivity contribution in [1.82, 2.24) is 9.88 Å². The maximum absolute atomic E-state index is 11.2. The quantitative estimate of drug-likeness (QED) is 0.868. The van der Waals surface area contributed by atoms with Crippen LogP contribution in [0.1, 0.15) is 23.4 Å². The van der Waals surface area contributed by atoms with E-state index in [1.165, 1.54) is 23.5 Å². The average Bonchev–Trinajstić information content (AvgIpc) is 2.82. The molecule has 1 unspecified atom stereocenters. The first kappa shape index (κ1) is 15.9. The van der Waals surface area contributed by atoms with E-state index < -0.39 is 10.0 Å². The van der Waals surface area contributed by atoms with Crippen molar-refractivity contribution in [3.8, 4) is 0 Å². The lowest BCUT2D eigenvalue weighted by Gasteiger charge is -2.24. The molecule has 0 saturated carbocycles. The standard InChI is InChI=1S/C13H18N4O2S2/c1-9(17(2)8-11-7-16-13(14)20-11)10-3-5-12(6-4-10)21(15,18)19/h3-7,9H,8H2,1-2H3,(H2,14,16)(H2,15,18,19). The second-order valence-corrected chi connectivity index (χ2v) is 7.58. The smallest absolute Gasteiger partial charge is 0.238 e. The SMILES string of the molecule is CC(c1ccc(S(N)(=O)=O)cc1)N(C)Cc1cnc(N)s1. The maximum atomic E-state index is 11.2. The van der Waals surface area contributed by atoms with Gasteiger partial charge in [-0.3, -0.25) is 4.90 Å². The van der Waals surface area contributed by atoms with Gasteiger partial charge in [-0.1, -0.05) is 12.1 Å². The first-order valence-corrected chi connectivity index (χ1v) is 8.67. The van der Waals surface area contributed by atoms with E-state index in [1.54, 1.807) is 18.3 Å². The summed E-state index contributed by atoms with van der Waals surface area (Å²) in [5, 5.41) is 5.65. The van der Waals surface area contributed by atoms with Crippen molar-refractivity contribution >= 4 is 26.5 Å². The summed E-state index contributed by atoms with van der Waals surface area (Å²) in [4.78, 5) is 7.37. The molecule has 1 heterocycles. The zero-order valence-corrected chi connectivity index (χ0v) is 13.5. The topological polar surface area (TPSA) is 102 Å². The fourth-order valence-corrected chi connectivity index (χ4v) is 3.23. The van der Waals surface area contributed by atoms with Gasteiger partial charge in [0.05, 0.1) is 4.90 Å². The van der Waals surface area contributed by atoms with E-state index in [0.717, 1.165) is 17.0 Å². The van der Waals surface area contributed by atoms with Gasteiger partial charge in [0.1, 0.15) is 0 Å². The number of rotatable bonds is 5. The van der Waals surface area contributed by atoms with Crippen molar-refractivity contribution in [1.29, 1.82) is 0 Å². The molecule has 6 nitrogen and oxygen atoms in total. The van der Waals surface area contributed by atoms with Gasteiger partial charge in [-0.2, -0.15) is 0 Å². The van der Waals surface area contributed by atoms with E-state index >= 15 is 0 Å². The Kier molecular flexibility index (Phi) is 4.62. The third kappa shape index (κ3) is 4.01. The lowest BCUT2D eigenvalue weighted by Crippen LogP contribution is -2.21. The van der Waals surface area contributed by atoms with Crippen molar-refractivity contribution in [2.75, 3.05) is 12.8 Å². The molecule has 1 aromatic carbocycles. The zero-order valence-electron chi connectivity index (χ0n) is 11.9. The summed E-state index contributed by atoms with van der Waals surface area (Å²) in [7, 11) is -1.65. The molecular formula is C13H18N4O2S2. The highest BCUT2D eigenvalue weighted by Gasteiger charge is 2.14. The van der Waals surface area contributed by atoms with Crippen LogP contribution >= 0.6 is 11.3 Å². The van der Waals surface area contributed by atoms with E-state index in [9.17, 15) is 8.42 Å². The minimum Gasteiger partial charge on any atom is -0.375 e. The van der Waals surface area contributed by atoms with Crippen LogP contribution in [0.25, 0.3) is 0 Å². The van der Waals surface area contributed by atoms with Crippen LogP contribution in [0.3, 0.4) is 0 Å². The lowest BCUT2D eigenvalue weighted by atomic mass is 10.1. The van der Waals surface area contributed by atoms with Gasteiger partial charge in [-0.05, 0) is 31.7 Å². The first-order valence-electron chi connectivity index (χ1n) is 6.30. The van der Waals surface area contributed by atoms with E-state index in [-0.39, 0.29) is 10.9 Å². The molecule has 0 bridgehead atoms. The summed E-state index contributed by atoms with van der Waals surface area (Å²) < 4.78 is 22.5. The van der Waals surface area contributed by atoms with Gasteiger partial charge in [0.25, 0.3) is 0 Å². The fourth-order valence-electron chi connectivity index (χ4n) is 1.97. The van der Waals surface area contributed by atoms with Gasteiger partial charge < -0.3 is 5.73 Å². The Balaban J connectivity index is 2.10. The summed E-state index contributed by atoms with van der Waals surface area (Å²) in [6.45, 7) is 2.78. The molecule has 0 aliphatic heterocycles. The highest BCUT2D eigenvalue weighted by atomic mass is 32.2. The Hall–Kier alpha value is -1.48. The van der Waals surface area contributed by atoms with Gasteiger partial charge in [-0.25, -0.2) is 18.5 Å². The second-order valence-electron chi connectivity index (χ2n) is 4.87. The molecule has 1 aromatic heterocycles. The van der Waals surface area contributed by atoms with Gasteiger partial charge >= 0.3 is 0 Å². The number of sulfonamides is 1. The van der Waals surface area contributed by atoms with Crippen LogP contribution in [0.15, 0.2) is 35.4 Å². The van der Waals surface area contributed by atoms with Crippen LogP contribution < -0.4 is 10.9 Å². The third-order valence-corrected chi connectivity index (χ3v) is 5.07. The molecule has 0 aliphatic carbocycles. The van der Waals surface area contributed by atoms with Gasteiger partial charge in [-0.15, -0.1) is 11.3 Å². The number of nitrogen functional groups attached to an aromatic ring is 1. The molecule has 0 aliphatic rings. The fraction of sp³-hybridized carbons (Fsp3) is 0.308. The predicted octanol–water partition coefficient (Wildman–Crippen LogP) is 1.57. The molecule has 0 fully saturated rings. The van der Waals surface area contributed by atoms with E-state index in [2.05, 4.69) is 16.8 Å². The maximum Gasteiger partial charge on any atom is 0.238 e. The van der Waals surface area contributed by atoms with E-state index in [4.69, 9.17) is 10.9 Å². The number of nitrogens with zero attached hydrogens (tertiary/aromatic N) is 2. The predicted molar refractivity (Wildman–Crippen MR) is 84.2 cm³/mol. The molecule has 114 valence electrons. The van der Waals surface area contributed by atoms with Gasteiger partial charge in [0, 0.05) is 23.7 Å². The summed E-state index contributed by atoms with van der Waals surface area (Å²) in [5.41, 5.74) is 6.64. The largest absolute Gasteiger partial charge is 0.375 e. The highest BCUT2D eigenvalue weighted by molar-refractivity contribution is 7.89. The normalized spacial score (nSPS) is 13.5. The van der Waals surface area contributed by atoms with Gasteiger partial charge in [0.2, 0.25) is 10.0 Å². The number of primary sulfonamides is 1. The van der Waals surface area contributed by atoms with Crippen molar-refractivity contribution in [3.05, 3.63) is 40.9 Å². The average molecular weight is 326 g/mol. The number of anilines is 1. The van der Waals surface area contributed by atoms with Crippen LogP contribution in [0.5, 0.6) is 0 Å². The summed E-state index contributed by atoms with van der Waals surface area (Å²) in [6.07, 6.45) is 1.77. The van der Waals surface area contributed by atoms with Crippen molar-refractivity contribution in [2.45, 2.75) is 24.4 Å². The number of hydrogen-bond acceptors (Lipinski definition) is 6. The molecule has 0 saturated heterocycles. The van der Waals surface area contributed by atoms with Crippen LogP contribution in [0.2, 0.25) is 0 Å². The van der Waals surface area contributed by atoms with Crippen molar-refractivity contribution < 1.29 is 8.42 Å². The summed E-state index contributed by atoms with van der Waals surface area (Å²) >= 11 is 1.46. The minimum atomic E-state index is -3.65. The Labute approximate surface area is 128 Å². The van der Waals surface area contributed by atoms with E-state index in [1.807, 2.05) is 7.05 Å². The molecule has 0 amide bonds. The number of thiazole rings is 1. The van der Waals surface area contributed by atoms with Crippen molar-refractivity contribution in [3.63, 3.8) is 0 Å². The monoisotopic (exact) mass is 326 g/mol. The van der Waals surface area contributed by atoms with Gasteiger partial charge in [0.15, 0.2) is 5.13 Å². The molecule has 2 aromatic rings. The first-order chi connectivity index (χ1) is 9.77. The zero-order chi connectivity index (χ0) is 15.6. The molecule has 4 N–H and O–H groups in total. The molecule has 0 radical (unpaired) electrons. The summed E-state index contributed by atoms with van der Waals surface area (Å²) in [6, 6.07) is 6.74. The van der Waals surface area contributed by atoms with Crippen LogP contribution in [-0.4, -0.2) is 25.3 Å². The summed E-state index contributed by atoms with van der Waals surface area (Å²) in [5.74, 6) is 0. The number of aromatic nitrogens is 1. The second kappa shape index (κ2) is 6.10. The molecule has 0 spiro atoms. The van der Waals surface area contributed by atoms with Crippen LogP contribution in [-0.2, 0) is 16.6 Å². The Bertz CT molecular complexity index is 710. The molecular weight excluding hydrogens is 308 g/mol. The lowest BCUT2D eigenvalue weighted by molar-refractivity contribution is 0.255. The Morgan fingerprint density at radius 3 is 2.43 bits per heavy atom. The molecule has 2 rings (SSSR count). The molecule has 1 atom stereocenters. The number of hydrogen-bond donors (Lipinski definition) is 2. The third-order valence-electron chi connectivity index (χ3n) is 3.33. The number of nitrogens with two attached hydrogens (primary N) is 2. The Morgan fingerprint density at radius 1 is 1.33 bits per heavy atom. The number of benzene rings is 1. The molecule has 8 heteroatoms.